The molecular formula is C22H20N4O2S. The van der Waals surface area contributed by atoms with Crippen molar-refractivity contribution in [3.63, 3.8) is 0 Å². The normalized spacial score (nSPS) is 11.0. The van der Waals surface area contributed by atoms with E-state index in [9.17, 15) is 9.59 Å². The summed E-state index contributed by atoms with van der Waals surface area (Å²) in [5.41, 5.74) is 2.70. The number of amides is 1. The predicted molar refractivity (Wildman–Crippen MR) is 115 cm³/mol. The number of carbonyl (C=O) groups excluding carboxylic acids is 1. The maximum Gasteiger partial charge on any atom is 0.294 e. The summed E-state index contributed by atoms with van der Waals surface area (Å²) >= 11 is 1.44. The molecule has 1 amide bonds. The molecule has 0 unspecified atom stereocenters. The van der Waals surface area contributed by atoms with Gasteiger partial charge in [0.05, 0.1) is 10.4 Å². The minimum absolute atomic E-state index is 0.114. The molecule has 2 heterocycles. The maximum atomic E-state index is 12.9. The van der Waals surface area contributed by atoms with E-state index < -0.39 is 0 Å². The Hall–Kier alpha value is -3.32. The van der Waals surface area contributed by atoms with Crippen LogP contribution in [0.15, 0.2) is 65.5 Å². The number of rotatable bonds is 5. The van der Waals surface area contributed by atoms with Crippen molar-refractivity contribution in [3.8, 4) is 10.6 Å². The highest BCUT2D eigenvalue weighted by Gasteiger charge is 2.18. The lowest BCUT2D eigenvalue weighted by molar-refractivity contribution is -0.131. The zero-order valence-electron chi connectivity index (χ0n) is 16.2. The summed E-state index contributed by atoms with van der Waals surface area (Å²) < 4.78 is 1.98. The van der Waals surface area contributed by atoms with E-state index in [0.29, 0.717) is 17.8 Å². The summed E-state index contributed by atoms with van der Waals surface area (Å²) in [4.78, 5) is 31.7. The summed E-state index contributed by atoms with van der Waals surface area (Å²) in [6.07, 6.45) is 0. The van der Waals surface area contributed by atoms with Gasteiger partial charge in [-0.25, -0.2) is 9.67 Å². The molecule has 0 fully saturated rings. The number of hydrogen-bond donors (Lipinski definition) is 0. The van der Waals surface area contributed by atoms with E-state index >= 15 is 0 Å². The second kappa shape index (κ2) is 7.97. The number of hydrogen-bond acceptors (Lipinski definition) is 5. The van der Waals surface area contributed by atoms with Crippen LogP contribution in [-0.4, -0.2) is 32.6 Å². The average Bonchev–Trinajstić information content (AvgIpc) is 3.19. The third-order valence-corrected chi connectivity index (χ3v) is 5.87. The molecule has 0 saturated carbocycles. The number of aromatic nitrogens is 3. The van der Waals surface area contributed by atoms with Crippen molar-refractivity contribution in [2.75, 3.05) is 7.05 Å². The zero-order chi connectivity index (χ0) is 20.4. The van der Waals surface area contributed by atoms with Crippen LogP contribution in [0.2, 0.25) is 0 Å². The van der Waals surface area contributed by atoms with Gasteiger partial charge < -0.3 is 4.90 Å². The van der Waals surface area contributed by atoms with E-state index in [2.05, 4.69) is 10.1 Å². The molecule has 0 aliphatic heterocycles. The quantitative estimate of drug-likeness (QED) is 0.511. The van der Waals surface area contributed by atoms with Crippen LogP contribution in [0.3, 0.4) is 0 Å². The smallest absolute Gasteiger partial charge is 0.294 e. The van der Waals surface area contributed by atoms with Crippen molar-refractivity contribution >= 4 is 27.5 Å². The number of fused-ring (bicyclic) bond motifs is 1. The molecule has 0 radical (unpaired) electrons. The van der Waals surface area contributed by atoms with E-state index in [1.54, 1.807) is 11.9 Å². The van der Waals surface area contributed by atoms with Gasteiger partial charge in [-0.1, -0.05) is 60.7 Å². The maximum absolute atomic E-state index is 12.9. The van der Waals surface area contributed by atoms with Crippen molar-refractivity contribution in [2.24, 2.45) is 0 Å². The van der Waals surface area contributed by atoms with Crippen molar-refractivity contribution < 1.29 is 4.79 Å². The standard InChI is InChI=1S/C22H20N4O2S/c1-15-20-19(23-21(29-20)17-11-7-4-8-12-17)22(28)26(24-15)14-18(27)25(2)13-16-9-5-3-6-10-16/h3-12H,13-14H2,1-2H3. The van der Waals surface area contributed by atoms with Crippen molar-refractivity contribution in [2.45, 2.75) is 20.0 Å². The van der Waals surface area contributed by atoms with Crippen LogP contribution in [0.4, 0.5) is 0 Å². The van der Waals surface area contributed by atoms with Gasteiger partial charge in [0.1, 0.15) is 11.6 Å². The monoisotopic (exact) mass is 404 g/mol. The van der Waals surface area contributed by atoms with Gasteiger partial charge >= 0.3 is 0 Å². The van der Waals surface area contributed by atoms with E-state index in [1.165, 1.54) is 16.0 Å². The summed E-state index contributed by atoms with van der Waals surface area (Å²) in [6, 6.07) is 19.5. The highest BCUT2D eigenvalue weighted by molar-refractivity contribution is 7.21. The van der Waals surface area contributed by atoms with Gasteiger partial charge in [0.25, 0.3) is 5.56 Å². The Labute approximate surface area is 172 Å². The Kier molecular flexibility index (Phi) is 5.22. The summed E-state index contributed by atoms with van der Waals surface area (Å²) in [5.74, 6) is -0.180. The predicted octanol–water partition coefficient (Wildman–Crippen LogP) is 3.49. The Balaban J connectivity index is 1.61. The van der Waals surface area contributed by atoms with Gasteiger partial charge in [-0.3, -0.25) is 9.59 Å². The molecule has 0 spiro atoms. The fourth-order valence-corrected chi connectivity index (χ4v) is 4.11. The van der Waals surface area contributed by atoms with E-state index in [1.807, 2.05) is 67.6 Å². The molecule has 146 valence electrons. The minimum Gasteiger partial charge on any atom is -0.340 e. The molecule has 2 aromatic carbocycles. The Morgan fingerprint density at radius 3 is 2.41 bits per heavy atom. The first-order valence-corrected chi connectivity index (χ1v) is 10.1. The third kappa shape index (κ3) is 3.95. The highest BCUT2D eigenvalue weighted by atomic mass is 32.1. The first-order chi connectivity index (χ1) is 14.0. The first-order valence-electron chi connectivity index (χ1n) is 9.24. The van der Waals surface area contributed by atoms with Crippen LogP contribution in [0.5, 0.6) is 0 Å². The van der Waals surface area contributed by atoms with Crippen LogP contribution in [0, 0.1) is 6.92 Å². The van der Waals surface area contributed by atoms with Gasteiger partial charge in [-0.05, 0) is 12.5 Å². The topological polar surface area (TPSA) is 68.1 Å². The van der Waals surface area contributed by atoms with E-state index in [0.717, 1.165) is 20.8 Å². The molecule has 6 nitrogen and oxygen atoms in total. The second-order valence-electron chi connectivity index (χ2n) is 6.85. The SMILES string of the molecule is Cc1nn(CC(=O)N(C)Cc2ccccc2)c(=O)c2nc(-c3ccccc3)sc12. The lowest BCUT2D eigenvalue weighted by atomic mass is 10.2. The Bertz CT molecular complexity index is 1220. The average molecular weight is 404 g/mol. The lowest BCUT2D eigenvalue weighted by Gasteiger charge is -2.17. The third-order valence-electron chi connectivity index (χ3n) is 4.66. The number of aryl methyl sites for hydroxylation is 1. The molecule has 4 rings (SSSR count). The molecule has 0 bridgehead atoms. The molecule has 0 atom stereocenters. The molecule has 29 heavy (non-hydrogen) atoms. The van der Waals surface area contributed by atoms with Gasteiger partial charge in [0, 0.05) is 19.2 Å². The van der Waals surface area contributed by atoms with Gasteiger partial charge in [-0.2, -0.15) is 5.10 Å². The molecule has 4 aromatic rings. The molecular weight excluding hydrogens is 384 g/mol. The zero-order valence-corrected chi connectivity index (χ0v) is 17.0. The molecule has 7 heteroatoms. The minimum atomic E-state index is -0.342. The molecule has 0 N–H and O–H groups in total. The van der Waals surface area contributed by atoms with Crippen molar-refractivity contribution in [1.29, 1.82) is 0 Å². The Morgan fingerprint density at radius 2 is 1.72 bits per heavy atom. The van der Waals surface area contributed by atoms with Crippen LogP contribution in [0.1, 0.15) is 11.3 Å². The van der Waals surface area contributed by atoms with Crippen LogP contribution in [0.25, 0.3) is 20.8 Å². The number of likely N-dealkylation sites (N-methyl/N-ethyl adjacent to an activating group) is 1. The molecule has 2 aromatic heterocycles. The van der Waals surface area contributed by atoms with Crippen LogP contribution < -0.4 is 5.56 Å². The number of nitrogens with zero attached hydrogens (tertiary/aromatic N) is 4. The van der Waals surface area contributed by atoms with Crippen LogP contribution >= 0.6 is 11.3 Å². The summed E-state index contributed by atoms with van der Waals surface area (Å²) in [6.45, 7) is 2.20. The van der Waals surface area contributed by atoms with Crippen molar-refractivity contribution in [1.82, 2.24) is 19.7 Å². The second-order valence-corrected chi connectivity index (χ2v) is 7.85. The van der Waals surface area contributed by atoms with Gasteiger partial charge in [0.15, 0.2) is 5.52 Å². The Morgan fingerprint density at radius 1 is 1.07 bits per heavy atom. The largest absolute Gasteiger partial charge is 0.340 e. The van der Waals surface area contributed by atoms with Gasteiger partial charge in [-0.15, -0.1) is 11.3 Å². The summed E-state index contributed by atoms with van der Waals surface area (Å²) in [7, 11) is 1.72. The first kappa shape index (κ1) is 19.0. The number of benzene rings is 2. The van der Waals surface area contributed by atoms with E-state index in [-0.39, 0.29) is 18.0 Å². The van der Waals surface area contributed by atoms with Gasteiger partial charge in [0.2, 0.25) is 5.91 Å². The fourth-order valence-electron chi connectivity index (χ4n) is 3.11. The number of carbonyl (C=O) groups is 1. The van der Waals surface area contributed by atoms with E-state index in [4.69, 9.17) is 0 Å². The molecule has 0 aliphatic rings. The molecule has 0 aliphatic carbocycles. The highest BCUT2D eigenvalue weighted by Crippen LogP contribution is 2.29. The summed E-state index contributed by atoms with van der Waals surface area (Å²) in [5, 5.41) is 5.14. The number of thiazole rings is 1. The fraction of sp³-hybridized carbons (Fsp3) is 0.182. The van der Waals surface area contributed by atoms with Crippen molar-refractivity contribution in [3.05, 3.63) is 82.3 Å². The molecule has 0 saturated heterocycles. The lowest BCUT2D eigenvalue weighted by Crippen LogP contribution is -2.35. The van der Waals surface area contributed by atoms with Crippen LogP contribution in [-0.2, 0) is 17.9 Å².